The Balaban J connectivity index is 2.43. The molecule has 6 nitrogen and oxygen atoms in total. The number of amides is 1. The van der Waals surface area contributed by atoms with Crippen molar-refractivity contribution in [3.63, 3.8) is 0 Å². The lowest BCUT2D eigenvalue weighted by Gasteiger charge is -2.11. The summed E-state index contributed by atoms with van der Waals surface area (Å²) in [4.78, 5) is 26.6. The largest absolute Gasteiger partial charge is 0.478 e. The van der Waals surface area contributed by atoms with E-state index in [4.69, 9.17) is 22.4 Å². The van der Waals surface area contributed by atoms with Crippen LogP contribution in [0.5, 0.6) is 0 Å². The quantitative estimate of drug-likeness (QED) is 0.805. The molecule has 0 saturated carbocycles. The molecule has 2 aromatic rings. The van der Waals surface area contributed by atoms with Gasteiger partial charge in [0.2, 0.25) is 0 Å². The number of aryl methyl sites for hydroxylation is 1. The van der Waals surface area contributed by atoms with Crippen molar-refractivity contribution in [3.05, 3.63) is 52.2 Å². The first-order chi connectivity index (χ1) is 9.88. The van der Waals surface area contributed by atoms with Gasteiger partial charge in [-0.3, -0.25) is 4.79 Å². The van der Waals surface area contributed by atoms with Crippen LogP contribution in [0.1, 0.15) is 26.4 Å². The van der Waals surface area contributed by atoms with Gasteiger partial charge in [-0.25, -0.2) is 9.78 Å². The van der Waals surface area contributed by atoms with E-state index in [-0.39, 0.29) is 22.0 Å². The highest BCUT2D eigenvalue weighted by atomic mass is 35.5. The molecule has 0 aliphatic rings. The molecule has 1 aromatic heterocycles. The number of primary amides is 1. The van der Waals surface area contributed by atoms with Crippen LogP contribution in [0, 0.1) is 6.92 Å². The number of nitrogens with one attached hydrogen (secondary N) is 1. The normalized spacial score (nSPS) is 10.2. The number of nitrogens with two attached hydrogens (primary N) is 1. The van der Waals surface area contributed by atoms with Gasteiger partial charge in [0.15, 0.2) is 0 Å². The fourth-order valence-corrected chi connectivity index (χ4v) is 1.95. The number of carboxylic acid groups (broad SMARTS) is 1. The van der Waals surface area contributed by atoms with Crippen molar-refractivity contribution in [2.75, 3.05) is 5.32 Å². The molecule has 0 radical (unpaired) electrons. The minimum Gasteiger partial charge on any atom is -0.478 e. The van der Waals surface area contributed by atoms with Crippen molar-refractivity contribution in [1.82, 2.24) is 4.98 Å². The van der Waals surface area contributed by atoms with Crippen LogP contribution in [0.2, 0.25) is 5.02 Å². The first-order valence-electron chi connectivity index (χ1n) is 5.96. The molecule has 1 heterocycles. The molecular formula is C14H12ClN3O3. The minimum absolute atomic E-state index is 0.0463. The van der Waals surface area contributed by atoms with Crippen molar-refractivity contribution in [2.24, 2.45) is 5.73 Å². The first-order valence-corrected chi connectivity index (χ1v) is 6.33. The van der Waals surface area contributed by atoms with Gasteiger partial charge in [-0.1, -0.05) is 11.6 Å². The molecule has 7 heteroatoms. The Morgan fingerprint density at radius 3 is 2.57 bits per heavy atom. The molecular weight excluding hydrogens is 294 g/mol. The summed E-state index contributed by atoms with van der Waals surface area (Å²) in [5.41, 5.74) is 6.59. The van der Waals surface area contributed by atoms with Gasteiger partial charge in [0.25, 0.3) is 5.91 Å². The average Bonchev–Trinajstić information content (AvgIpc) is 2.40. The smallest absolute Gasteiger partial charge is 0.337 e. The lowest BCUT2D eigenvalue weighted by Crippen LogP contribution is -2.14. The van der Waals surface area contributed by atoms with Gasteiger partial charge in [0.05, 0.1) is 16.1 Å². The number of hydrogen-bond donors (Lipinski definition) is 3. The van der Waals surface area contributed by atoms with Crippen molar-refractivity contribution >= 4 is 35.0 Å². The van der Waals surface area contributed by atoms with Crippen LogP contribution in [0.4, 0.5) is 11.5 Å². The first kappa shape index (κ1) is 14.8. The van der Waals surface area contributed by atoms with Crippen LogP contribution in [-0.4, -0.2) is 22.0 Å². The fraction of sp³-hybridized carbons (Fsp3) is 0.0714. The molecule has 21 heavy (non-hydrogen) atoms. The van der Waals surface area contributed by atoms with E-state index in [0.29, 0.717) is 11.4 Å². The monoisotopic (exact) mass is 305 g/mol. The van der Waals surface area contributed by atoms with E-state index in [2.05, 4.69) is 10.3 Å². The predicted octanol–water partition coefficient (Wildman–Crippen LogP) is 2.58. The third kappa shape index (κ3) is 3.29. The Labute approximate surface area is 125 Å². The van der Waals surface area contributed by atoms with Crippen LogP contribution in [0.3, 0.4) is 0 Å². The maximum absolute atomic E-state index is 11.4. The van der Waals surface area contributed by atoms with Gasteiger partial charge in [-0.15, -0.1) is 0 Å². The van der Waals surface area contributed by atoms with Crippen LogP contribution in [0.25, 0.3) is 0 Å². The number of carboxylic acids is 1. The molecule has 1 aromatic carbocycles. The molecule has 4 N–H and O–H groups in total. The topological polar surface area (TPSA) is 105 Å². The number of carbonyl (C=O) groups is 2. The number of aromatic nitrogens is 1. The summed E-state index contributed by atoms with van der Waals surface area (Å²) in [6.07, 6.45) is 0. The summed E-state index contributed by atoms with van der Waals surface area (Å²) in [5, 5.41) is 12.0. The Morgan fingerprint density at radius 2 is 1.95 bits per heavy atom. The summed E-state index contributed by atoms with van der Waals surface area (Å²) >= 11 is 5.80. The highest BCUT2D eigenvalue weighted by Crippen LogP contribution is 2.24. The molecule has 0 bridgehead atoms. The standard InChI is InChI=1S/C14H12ClN3O3/c1-7-2-4-9(12(16)19)13(17-7)18-8-3-5-11(15)10(6-8)14(20)21/h2-6H,1H3,(H2,16,19)(H,17,18)(H,20,21). The van der Waals surface area contributed by atoms with Crippen LogP contribution < -0.4 is 11.1 Å². The third-order valence-electron chi connectivity index (χ3n) is 2.76. The van der Waals surface area contributed by atoms with Crippen LogP contribution in [-0.2, 0) is 0 Å². The van der Waals surface area contributed by atoms with E-state index in [1.165, 1.54) is 12.1 Å². The number of anilines is 2. The Kier molecular flexibility index (Phi) is 4.09. The van der Waals surface area contributed by atoms with Gasteiger partial charge in [-0.05, 0) is 37.3 Å². The van der Waals surface area contributed by atoms with Crippen LogP contribution in [0.15, 0.2) is 30.3 Å². The number of pyridine rings is 1. The predicted molar refractivity (Wildman–Crippen MR) is 79.2 cm³/mol. The molecule has 108 valence electrons. The van der Waals surface area contributed by atoms with Gasteiger partial charge < -0.3 is 16.2 Å². The van der Waals surface area contributed by atoms with Crippen molar-refractivity contribution < 1.29 is 14.7 Å². The molecule has 0 spiro atoms. The zero-order valence-electron chi connectivity index (χ0n) is 11.1. The molecule has 0 aliphatic carbocycles. The summed E-state index contributed by atoms with van der Waals surface area (Å²) in [6, 6.07) is 7.62. The number of nitrogens with zero attached hydrogens (tertiary/aromatic N) is 1. The van der Waals surface area contributed by atoms with Crippen molar-refractivity contribution in [3.8, 4) is 0 Å². The third-order valence-corrected chi connectivity index (χ3v) is 3.09. The van der Waals surface area contributed by atoms with E-state index in [1.807, 2.05) is 0 Å². The van der Waals surface area contributed by atoms with Gasteiger partial charge in [-0.2, -0.15) is 0 Å². The second-order valence-corrected chi connectivity index (χ2v) is 4.75. The zero-order valence-corrected chi connectivity index (χ0v) is 11.8. The molecule has 0 atom stereocenters. The number of carbonyl (C=O) groups excluding carboxylic acids is 1. The number of halogens is 1. The summed E-state index contributed by atoms with van der Waals surface area (Å²) in [5.74, 6) is -1.51. The zero-order chi connectivity index (χ0) is 15.6. The second kappa shape index (κ2) is 5.80. The molecule has 0 saturated heterocycles. The Morgan fingerprint density at radius 1 is 1.24 bits per heavy atom. The Hall–Kier alpha value is -2.60. The maximum Gasteiger partial charge on any atom is 0.337 e. The number of benzene rings is 1. The summed E-state index contributed by atoms with van der Waals surface area (Å²) in [6.45, 7) is 1.76. The summed E-state index contributed by atoms with van der Waals surface area (Å²) < 4.78 is 0. The SMILES string of the molecule is Cc1ccc(C(N)=O)c(Nc2ccc(Cl)c(C(=O)O)c2)n1. The fourth-order valence-electron chi connectivity index (χ4n) is 1.75. The molecule has 1 amide bonds. The lowest BCUT2D eigenvalue weighted by atomic mass is 10.2. The molecule has 0 fully saturated rings. The average molecular weight is 306 g/mol. The lowest BCUT2D eigenvalue weighted by molar-refractivity contribution is 0.0697. The number of hydrogen-bond acceptors (Lipinski definition) is 4. The number of rotatable bonds is 4. The summed E-state index contributed by atoms with van der Waals surface area (Å²) in [7, 11) is 0. The van der Waals surface area contributed by atoms with Gasteiger partial charge in [0.1, 0.15) is 5.82 Å². The van der Waals surface area contributed by atoms with E-state index in [9.17, 15) is 9.59 Å². The number of aromatic carboxylic acids is 1. The maximum atomic E-state index is 11.4. The van der Waals surface area contributed by atoms with E-state index >= 15 is 0 Å². The van der Waals surface area contributed by atoms with Crippen molar-refractivity contribution in [2.45, 2.75) is 6.92 Å². The Bertz CT molecular complexity index is 731. The molecule has 0 aliphatic heterocycles. The minimum atomic E-state index is -1.14. The highest BCUT2D eigenvalue weighted by Gasteiger charge is 2.13. The van der Waals surface area contributed by atoms with Gasteiger partial charge in [0, 0.05) is 11.4 Å². The van der Waals surface area contributed by atoms with E-state index in [1.54, 1.807) is 25.1 Å². The van der Waals surface area contributed by atoms with Gasteiger partial charge >= 0.3 is 5.97 Å². The second-order valence-electron chi connectivity index (χ2n) is 4.34. The molecule has 2 rings (SSSR count). The van der Waals surface area contributed by atoms with E-state index in [0.717, 1.165) is 0 Å². The molecule has 0 unspecified atom stereocenters. The van der Waals surface area contributed by atoms with Crippen LogP contribution >= 0.6 is 11.6 Å². The van der Waals surface area contributed by atoms with Crippen molar-refractivity contribution in [1.29, 1.82) is 0 Å². The van der Waals surface area contributed by atoms with E-state index < -0.39 is 11.9 Å². The highest BCUT2D eigenvalue weighted by molar-refractivity contribution is 6.33.